The van der Waals surface area contributed by atoms with E-state index in [0.29, 0.717) is 34.5 Å². The highest BCUT2D eigenvalue weighted by Gasteiger charge is 2.42. The lowest BCUT2D eigenvalue weighted by Crippen LogP contribution is -2.31. The third-order valence-corrected chi connectivity index (χ3v) is 6.63. The predicted molar refractivity (Wildman–Crippen MR) is 136 cm³/mol. The summed E-state index contributed by atoms with van der Waals surface area (Å²) in [6.45, 7) is 2.15. The fraction of sp³-hybridized carbons (Fsp3) is 0.214. The van der Waals surface area contributed by atoms with Gasteiger partial charge in [-0.1, -0.05) is 17.7 Å². The summed E-state index contributed by atoms with van der Waals surface area (Å²) < 4.78 is 16.7. The number of methoxy groups -OCH3 is 2. The van der Waals surface area contributed by atoms with Crippen molar-refractivity contribution in [2.24, 2.45) is 0 Å². The molecule has 0 aliphatic carbocycles. The Morgan fingerprint density at radius 3 is 2.38 bits per heavy atom. The van der Waals surface area contributed by atoms with Gasteiger partial charge in [0.25, 0.3) is 11.6 Å². The largest absolute Gasteiger partial charge is 0.493 e. The van der Waals surface area contributed by atoms with Gasteiger partial charge in [-0.3, -0.25) is 19.7 Å². The van der Waals surface area contributed by atoms with Crippen LogP contribution in [0.5, 0.6) is 11.5 Å². The number of rotatable bonds is 7. The maximum Gasteiger partial charge on any atom is 0.290 e. The molecule has 0 saturated heterocycles. The highest BCUT2D eigenvalue weighted by atomic mass is 16.6. The molecule has 5 rings (SSSR count). The van der Waals surface area contributed by atoms with Crippen LogP contribution in [0, 0.1) is 17.0 Å². The van der Waals surface area contributed by atoms with Crippen molar-refractivity contribution in [2.45, 2.75) is 19.4 Å². The number of ether oxygens (including phenoxy) is 2. The van der Waals surface area contributed by atoms with Crippen LogP contribution < -0.4 is 14.9 Å². The first-order valence-corrected chi connectivity index (χ1v) is 11.7. The average Bonchev–Trinajstić information content (AvgIpc) is 3.19. The number of benzene rings is 3. The molecule has 188 valence electrons. The zero-order chi connectivity index (χ0) is 26.3. The van der Waals surface area contributed by atoms with Gasteiger partial charge in [-0.25, -0.2) is 0 Å². The monoisotopic (exact) mass is 500 g/mol. The van der Waals surface area contributed by atoms with E-state index in [-0.39, 0.29) is 29.0 Å². The van der Waals surface area contributed by atoms with Crippen LogP contribution in [-0.4, -0.2) is 36.5 Å². The summed E-state index contributed by atoms with van der Waals surface area (Å²) in [5.41, 5.74) is 2.60. The van der Waals surface area contributed by atoms with Gasteiger partial charge in [0, 0.05) is 18.7 Å². The van der Waals surface area contributed by atoms with Gasteiger partial charge in [-0.15, -0.1) is 0 Å². The highest BCUT2D eigenvalue weighted by molar-refractivity contribution is 5.99. The molecule has 1 aromatic heterocycles. The minimum atomic E-state index is -0.746. The number of carbonyl (C=O) groups excluding carboxylic acids is 1. The van der Waals surface area contributed by atoms with Crippen molar-refractivity contribution in [3.05, 3.63) is 109 Å². The Bertz CT molecular complexity index is 1590. The average molecular weight is 501 g/mol. The third-order valence-electron chi connectivity index (χ3n) is 6.63. The van der Waals surface area contributed by atoms with E-state index in [9.17, 15) is 19.7 Å². The normalized spacial score (nSPS) is 14.6. The van der Waals surface area contributed by atoms with Crippen molar-refractivity contribution in [3.63, 3.8) is 0 Å². The van der Waals surface area contributed by atoms with Crippen molar-refractivity contribution in [1.29, 1.82) is 0 Å². The van der Waals surface area contributed by atoms with Gasteiger partial charge in [0.1, 0.15) is 5.58 Å². The van der Waals surface area contributed by atoms with E-state index < -0.39 is 16.9 Å². The van der Waals surface area contributed by atoms with Crippen LogP contribution in [0.25, 0.3) is 11.0 Å². The molecular weight excluding hydrogens is 476 g/mol. The van der Waals surface area contributed by atoms with Gasteiger partial charge in [-0.05, 0) is 60.9 Å². The maximum atomic E-state index is 13.7. The van der Waals surface area contributed by atoms with Crippen molar-refractivity contribution in [2.75, 3.05) is 20.8 Å². The van der Waals surface area contributed by atoms with E-state index in [2.05, 4.69) is 0 Å². The number of nitrogens with zero attached hydrogens (tertiary/aromatic N) is 2. The molecule has 1 atom stereocenters. The molecule has 0 spiro atoms. The number of fused-ring (bicyclic) bond motifs is 2. The third kappa shape index (κ3) is 4.18. The van der Waals surface area contributed by atoms with E-state index in [1.165, 1.54) is 12.1 Å². The Kier molecular flexibility index (Phi) is 6.12. The summed E-state index contributed by atoms with van der Waals surface area (Å²) in [4.78, 5) is 39.6. The van der Waals surface area contributed by atoms with Gasteiger partial charge < -0.3 is 18.8 Å². The molecule has 4 aromatic rings. The topological polar surface area (TPSA) is 112 Å². The Labute approximate surface area is 212 Å². The second kappa shape index (κ2) is 9.42. The fourth-order valence-electron chi connectivity index (χ4n) is 4.78. The van der Waals surface area contributed by atoms with Gasteiger partial charge in [-0.2, -0.15) is 0 Å². The standard InChI is InChI=1S/C28H24N2O7/c1-16-4-10-21-20(14-16)26(31)24-25(18-6-8-19(9-7-18)30(33)34)29(28(32)27(24)37-21)13-12-17-5-11-22(35-2)23(15-17)36-3/h4-11,14-15,25H,12-13H2,1-3H3. The summed E-state index contributed by atoms with van der Waals surface area (Å²) in [5, 5.41) is 11.6. The summed E-state index contributed by atoms with van der Waals surface area (Å²) in [7, 11) is 3.11. The number of nitro benzene ring substituents is 1. The molecule has 1 aliphatic heterocycles. The summed E-state index contributed by atoms with van der Waals surface area (Å²) in [6, 6.07) is 15.9. The molecule has 0 radical (unpaired) electrons. The quantitative estimate of drug-likeness (QED) is 0.264. The first-order chi connectivity index (χ1) is 17.8. The van der Waals surface area contributed by atoms with Crippen LogP contribution >= 0.6 is 0 Å². The van der Waals surface area contributed by atoms with Crippen molar-refractivity contribution in [3.8, 4) is 11.5 Å². The zero-order valence-electron chi connectivity index (χ0n) is 20.5. The Morgan fingerprint density at radius 1 is 0.973 bits per heavy atom. The Balaban J connectivity index is 1.59. The van der Waals surface area contributed by atoms with E-state index in [1.807, 2.05) is 25.1 Å². The van der Waals surface area contributed by atoms with Crippen LogP contribution in [0.2, 0.25) is 0 Å². The molecule has 0 N–H and O–H groups in total. The highest BCUT2D eigenvalue weighted by Crippen LogP contribution is 2.39. The van der Waals surface area contributed by atoms with Gasteiger partial charge >= 0.3 is 0 Å². The number of aryl methyl sites for hydroxylation is 1. The Morgan fingerprint density at radius 2 is 1.70 bits per heavy atom. The number of hydrogen-bond donors (Lipinski definition) is 0. The molecular formula is C28H24N2O7. The smallest absolute Gasteiger partial charge is 0.290 e. The number of nitro groups is 1. The minimum Gasteiger partial charge on any atom is -0.493 e. The van der Waals surface area contributed by atoms with E-state index in [1.54, 1.807) is 49.5 Å². The molecule has 1 amide bonds. The SMILES string of the molecule is COc1ccc(CCN2C(=O)c3oc4ccc(C)cc4c(=O)c3C2c2ccc([N+](=O)[O-])cc2)cc1OC. The van der Waals surface area contributed by atoms with E-state index >= 15 is 0 Å². The summed E-state index contributed by atoms with van der Waals surface area (Å²) in [5.74, 6) is 0.758. The van der Waals surface area contributed by atoms with Crippen molar-refractivity contribution >= 4 is 22.6 Å². The van der Waals surface area contributed by atoms with Gasteiger partial charge in [0.05, 0.1) is 36.1 Å². The fourth-order valence-corrected chi connectivity index (χ4v) is 4.78. The molecule has 9 nitrogen and oxygen atoms in total. The summed E-state index contributed by atoms with van der Waals surface area (Å²) >= 11 is 0. The molecule has 37 heavy (non-hydrogen) atoms. The molecule has 0 saturated carbocycles. The lowest BCUT2D eigenvalue weighted by molar-refractivity contribution is -0.384. The van der Waals surface area contributed by atoms with Crippen LogP contribution in [0.3, 0.4) is 0 Å². The maximum absolute atomic E-state index is 13.7. The minimum absolute atomic E-state index is 0.00276. The van der Waals surface area contributed by atoms with Gasteiger partial charge in [0.2, 0.25) is 5.76 Å². The summed E-state index contributed by atoms with van der Waals surface area (Å²) in [6.07, 6.45) is 0.469. The van der Waals surface area contributed by atoms with Crippen LogP contribution in [0.4, 0.5) is 5.69 Å². The molecule has 1 aliphatic rings. The van der Waals surface area contributed by atoms with Crippen molar-refractivity contribution in [1.82, 2.24) is 4.90 Å². The van der Waals surface area contributed by atoms with Gasteiger partial charge in [0.15, 0.2) is 16.9 Å². The second-order valence-electron chi connectivity index (χ2n) is 8.86. The molecule has 2 heterocycles. The zero-order valence-corrected chi connectivity index (χ0v) is 20.5. The first kappa shape index (κ1) is 24.1. The number of hydrogen-bond acceptors (Lipinski definition) is 7. The molecule has 0 bridgehead atoms. The van der Waals surface area contributed by atoms with Crippen LogP contribution in [-0.2, 0) is 6.42 Å². The molecule has 9 heteroatoms. The Hall–Kier alpha value is -4.66. The first-order valence-electron chi connectivity index (χ1n) is 11.7. The molecule has 0 fully saturated rings. The van der Waals surface area contributed by atoms with E-state index in [4.69, 9.17) is 13.9 Å². The lowest BCUT2D eigenvalue weighted by Gasteiger charge is -2.25. The second-order valence-corrected chi connectivity index (χ2v) is 8.86. The van der Waals surface area contributed by atoms with Crippen LogP contribution in [0.1, 0.15) is 38.9 Å². The molecule has 3 aromatic carbocycles. The lowest BCUT2D eigenvalue weighted by atomic mass is 9.97. The van der Waals surface area contributed by atoms with Crippen LogP contribution in [0.15, 0.2) is 69.9 Å². The number of non-ortho nitro benzene ring substituents is 1. The predicted octanol–water partition coefficient (Wildman–Crippen LogP) is 4.81. The number of amides is 1. The number of carbonyl (C=O) groups is 1. The van der Waals surface area contributed by atoms with Crippen molar-refractivity contribution < 1.29 is 23.6 Å². The van der Waals surface area contributed by atoms with E-state index in [0.717, 1.165) is 11.1 Å². The molecule has 1 unspecified atom stereocenters.